The molecule has 90 valence electrons. The lowest BCUT2D eigenvalue weighted by atomic mass is 9.73. The molecule has 0 radical (unpaired) electrons. The van der Waals surface area contributed by atoms with Crippen molar-refractivity contribution < 1.29 is 10.2 Å². The average molecular weight is 214 g/mol. The van der Waals surface area contributed by atoms with Gasteiger partial charge in [0, 0.05) is 5.41 Å². The zero-order chi connectivity index (χ0) is 11.3. The topological polar surface area (TPSA) is 40.5 Å². The van der Waals surface area contributed by atoms with Gasteiger partial charge in [0.15, 0.2) is 0 Å². The molecule has 0 aliphatic heterocycles. The Labute approximate surface area is 93.7 Å². The third kappa shape index (κ3) is 3.18. The maximum Gasteiger partial charge on any atom is 0.0511 e. The van der Waals surface area contributed by atoms with Crippen molar-refractivity contribution in [1.29, 1.82) is 0 Å². The van der Waals surface area contributed by atoms with Crippen molar-refractivity contribution in [3.05, 3.63) is 0 Å². The van der Waals surface area contributed by atoms with Crippen LogP contribution in [0.4, 0.5) is 0 Å². The standard InChI is InChI=1S/C13H26O2/c1-11(2)13(9-14,10-15)8-7-12-5-3-4-6-12/h11-12,14-15H,3-10H2,1-2H3. The summed E-state index contributed by atoms with van der Waals surface area (Å²) in [6, 6.07) is 0. The molecule has 1 rings (SSSR count). The van der Waals surface area contributed by atoms with Crippen molar-refractivity contribution in [3.8, 4) is 0 Å². The molecular weight excluding hydrogens is 188 g/mol. The lowest BCUT2D eigenvalue weighted by Crippen LogP contribution is -2.35. The first kappa shape index (κ1) is 13.0. The number of hydrogen-bond donors (Lipinski definition) is 2. The molecule has 0 bridgehead atoms. The summed E-state index contributed by atoms with van der Waals surface area (Å²) < 4.78 is 0. The molecule has 0 saturated heterocycles. The molecule has 1 saturated carbocycles. The quantitative estimate of drug-likeness (QED) is 0.713. The summed E-state index contributed by atoms with van der Waals surface area (Å²) in [5, 5.41) is 18.9. The van der Waals surface area contributed by atoms with Crippen LogP contribution in [-0.4, -0.2) is 23.4 Å². The predicted octanol–water partition coefficient (Wildman–Crippen LogP) is 2.58. The summed E-state index contributed by atoms with van der Waals surface area (Å²) >= 11 is 0. The molecule has 0 heterocycles. The van der Waals surface area contributed by atoms with E-state index in [1.807, 2.05) is 0 Å². The van der Waals surface area contributed by atoms with Gasteiger partial charge in [-0.3, -0.25) is 0 Å². The van der Waals surface area contributed by atoms with E-state index in [0.717, 1.165) is 12.3 Å². The second kappa shape index (κ2) is 5.86. The van der Waals surface area contributed by atoms with Gasteiger partial charge < -0.3 is 10.2 Å². The Bertz CT molecular complexity index is 167. The van der Waals surface area contributed by atoms with Crippen LogP contribution in [0.2, 0.25) is 0 Å². The molecule has 1 aliphatic carbocycles. The fraction of sp³-hybridized carbons (Fsp3) is 1.00. The summed E-state index contributed by atoms with van der Waals surface area (Å²) in [5.41, 5.74) is -0.247. The van der Waals surface area contributed by atoms with Crippen LogP contribution < -0.4 is 0 Å². The Hall–Kier alpha value is -0.0800. The van der Waals surface area contributed by atoms with E-state index in [-0.39, 0.29) is 18.6 Å². The molecule has 0 amide bonds. The fourth-order valence-corrected chi connectivity index (χ4v) is 2.65. The van der Waals surface area contributed by atoms with Crippen LogP contribution in [0, 0.1) is 17.3 Å². The maximum absolute atomic E-state index is 9.46. The van der Waals surface area contributed by atoms with E-state index >= 15 is 0 Å². The van der Waals surface area contributed by atoms with E-state index in [2.05, 4.69) is 13.8 Å². The first-order valence-corrected chi connectivity index (χ1v) is 6.36. The van der Waals surface area contributed by atoms with E-state index in [1.165, 1.54) is 32.1 Å². The van der Waals surface area contributed by atoms with Gasteiger partial charge in [0.2, 0.25) is 0 Å². The van der Waals surface area contributed by atoms with Gasteiger partial charge in [-0.05, 0) is 24.7 Å². The monoisotopic (exact) mass is 214 g/mol. The number of aliphatic hydroxyl groups is 2. The fourth-order valence-electron chi connectivity index (χ4n) is 2.65. The highest BCUT2D eigenvalue weighted by atomic mass is 16.3. The zero-order valence-corrected chi connectivity index (χ0v) is 10.2. The van der Waals surface area contributed by atoms with Crippen LogP contribution in [0.15, 0.2) is 0 Å². The van der Waals surface area contributed by atoms with Crippen molar-refractivity contribution in [1.82, 2.24) is 0 Å². The molecule has 0 spiro atoms. The van der Waals surface area contributed by atoms with Gasteiger partial charge >= 0.3 is 0 Å². The van der Waals surface area contributed by atoms with Gasteiger partial charge in [0.1, 0.15) is 0 Å². The molecule has 0 aromatic carbocycles. The highest BCUT2D eigenvalue weighted by Crippen LogP contribution is 2.37. The largest absolute Gasteiger partial charge is 0.396 e. The minimum absolute atomic E-state index is 0.119. The van der Waals surface area contributed by atoms with Crippen LogP contribution in [0.25, 0.3) is 0 Å². The van der Waals surface area contributed by atoms with Crippen molar-refractivity contribution in [3.63, 3.8) is 0 Å². The molecule has 15 heavy (non-hydrogen) atoms. The van der Waals surface area contributed by atoms with E-state index in [9.17, 15) is 10.2 Å². The summed E-state index contributed by atoms with van der Waals surface area (Å²) in [5.74, 6) is 1.20. The van der Waals surface area contributed by atoms with Crippen LogP contribution in [0.3, 0.4) is 0 Å². The zero-order valence-electron chi connectivity index (χ0n) is 10.2. The lowest BCUT2D eigenvalue weighted by Gasteiger charge is -2.34. The van der Waals surface area contributed by atoms with Gasteiger partial charge in [-0.2, -0.15) is 0 Å². The lowest BCUT2D eigenvalue weighted by molar-refractivity contribution is 0.00419. The van der Waals surface area contributed by atoms with Gasteiger partial charge in [0.25, 0.3) is 0 Å². The number of aliphatic hydroxyl groups excluding tert-OH is 2. The molecule has 0 aromatic rings. The van der Waals surface area contributed by atoms with Crippen LogP contribution in [-0.2, 0) is 0 Å². The first-order chi connectivity index (χ1) is 7.14. The third-order valence-electron chi connectivity index (χ3n) is 4.38. The summed E-state index contributed by atoms with van der Waals surface area (Å²) in [6.45, 7) is 4.43. The van der Waals surface area contributed by atoms with E-state index in [4.69, 9.17) is 0 Å². The molecule has 2 heteroatoms. The highest BCUT2D eigenvalue weighted by molar-refractivity contribution is 4.83. The molecule has 0 aromatic heterocycles. The molecule has 0 atom stereocenters. The van der Waals surface area contributed by atoms with E-state index in [1.54, 1.807) is 0 Å². The van der Waals surface area contributed by atoms with Crippen molar-refractivity contribution in [2.45, 2.75) is 52.4 Å². The first-order valence-electron chi connectivity index (χ1n) is 6.36. The Morgan fingerprint density at radius 1 is 1.13 bits per heavy atom. The molecule has 1 fully saturated rings. The van der Waals surface area contributed by atoms with Crippen molar-refractivity contribution in [2.75, 3.05) is 13.2 Å². The van der Waals surface area contributed by atoms with Gasteiger partial charge in [-0.25, -0.2) is 0 Å². The van der Waals surface area contributed by atoms with Crippen LogP contribution in [0.5, 0.6) is 0 Å². The number of rotatable bonds is 6. The molecule has 2 N–H and O–H groups in total. The van der Waals surface area contributed by atoms with Gasteiger partial charge in [-0.1, -0.05) is 39.5 Å². The average Bonchev–Trinajstić information content (AvgIpc) is 2.72. The summed E-state index contributed by atoms with van der Waals surface area (Å²) in [4.78, 5) is 0. The minimum atomic E-state index is -0.247. The Morgan fingerprint density at radius 2 is 1.67 bits per heavy atom. The van der Waals surface area contributed by atoms with Crippen molar-refractivity contribution >= 4 is 0 Å². The summed E-state index contributed by atoms with van der Waals surface area (Å²) in [7, 11) is 0. The normalized spacial score (nSPS) is 19.0. The Kier molecular flexibility index (Phi) is 5.07. The molecule has 1 aliphatic rings. The SMILES string of the molecule is CC(C)C(CO)(CO)CCC1CCCC1. The molecule has 2 nitrogen and oxygen atoms in total. The third-order valence-corrected chi connectivity index (χ3v) is 4.38. The second-order valence-electron chi connectivity index (χ2n) is 5.52. The highest BCUT2D eigenvalue weighted by Gasteiger charge is 2.33. The van der Waals surface area contributed by atoms with Crippen molar-refractivity contribution in [2.24, 2.45) is 17.3 Å². The van der Waals surface area contributed by atoms with Crippen LogP contribution >= 0.6 is 0 Å². The summed E-state index contributed by atoms with van der Waals surface area (Å²) in [6.07, 6.45) is 7.60. The Balaban J connectivity index is 2.42. The number of hydrogen-bond acceptors (Lipinski definition) is 2. The molecular formula is C13H26O2. The van der Waals surface area contributed by atoms with E-state index in [0.29, 0.717) is 5.92 Å². The van der Waals surface area contributed by atoms with E-state index < -0.39 is 0 Å². The molecule has 0 unspecified atom stereocenters. The minimum Gasteiger partial charge on any atom is -0.396 e. The predicted molar refractivity (Wildman–Crippen MR) is 62.6 cm³/mol. The van der Waals surface area contributed by atoms with Gasteiger partial charge in [-0.15, -0.1) is 0 Å². The van der Waals surface area contributed by atoms with Gasteiger partial charge in [0.05, 0.1) is 13.2 Å². The smallest absolute Gasteiger partial charge is 0.0511 e. The van der Waals surface area contributed by atoms with Crippen LogP contribution in [0.1, 0.15) is 52.4 Å². The maximum atomic E-state index is 9.46. The Morgan fingerprint density at radius 3 is 2.07 bits per heavy atom. The second-order valence-corrected chi connectivity index (χ2v) is 5.52.